The van der Waals surface area contributed by atoms with Gasteiger partial charge in [-0.15, -0.1) is 0 Å². The first-order valence-corrected chi connectivity index (χ1v) is 16.4. The normalized spacial score (nSPS) is 12.5. The van der Waals surface area contributed by atoms with Crippen molar-refractivity contribution >= 4 is 17.6 Å². The second-order valence-corrected chi connectivity index (χ2v) is 12.5. The number of carboxylic acid groups (broad SMARTS) is 1. The Morgan fingerprint density at radius 3 is 1.92 bits per heavy atom. The van der Waals surface area contributed by atoms with E-state index in [4.69, 9.17) is 9.84 Å². The van der Waals surface area contributed by atoms with Gasteiger partial charge in [0.05, 0.1) is 18.6 Å². The van der Waals surface area contributed by atoms with Gasteiger partial charge in [-0.3, -0.25) is 9.59 Å². The summed E-state index contributed by atoms with van der Waals surface area (Å²) in [7, 11) is 0. The molecule has 0 bridgehead atoms. The molecule has 0 aliphatic heterocycles. The van der Waals surface area contributed by atoms with Crippen molar-refractivity contribution in [3.05, 3.63) is 132 Å². The van der Waals surface area contributed by atoms with Gasteiger partial charge in [0.25, 0.3) is 5.91 Å². The largest absolute Gasteiger partial charge is 0.489 e. The minimum absolute atomic E-state index is 0.135. The highest BCUT2D eigenvalue weighted by Gasteiger charge is 2.31. The van der Waals surface area contributed by atoms with Crippen molar-refractivity contribution < 1.29 is 38.4 Å². The van der Waals surface area contributed by atoms with E-state index in [0.717, 1.165) is 5.56 Å². The molecule has 8 nitrogen and oxygen atoms in total. The number of carbonyl (C=O) groups excluding carboxylic acids is 1. The lowest BCUT2D eigenvalue weighted by atomic mass is 9.92. The predicted octanol–water partition coefficient (Wildman–Crippen LogP) is 8.03. The molecule has 0 saturated carbocycles. The van der Waals surface area contributed by atoms with Gasteiger partial charge >= 0.3 is 5.97 Å². The minimum Gasteiger partial charge on any atom is -0.489 e. The number of rotatable bonds is 15. The molecule has 0 fully saturated rings. The number of hydrogen-bond acceptors (Lipinski definition) is 5. The number of aliphatic hydroxyl groups excluding tert-OH is 2. The van der Waals surface area contributed by atoms with Crippen LogP contribution < -0.4 is 10.1 Å². The van der Waals surface area contributed by atoms with Gasteiger partial charge in [-0.2, -0.15) is 0 Å². The fourth-order valence-electron chi connectivity index (χ4n) is 6.09. The predicted molar refractivity (Wildman–Crippen MR) is 188 cm³/mol. The number of anilines is 1. The Labute approximate surface area is 289 Å². The Hall–Kier alpha value is -5.32. The van der Waals surface area contributed by atoms with Crippen LogP contribution in [-0.4, -0.2) is 44.0 Å². The number of nitrogens with zero attached hydrogens (tertiary/aromatic N) is 1. The zero-order valence-electron chi connectivity index (χ0n) is 27.9. The molecule has 0 aliphatic rings. The van der Waals surface area contributed by atoms with Crippen molar-refractivity contribution in [2.24, 2.45) is 0 Å². The SMILES string of the molecule is CC(C)n1c(CCC(O)CC(O)CC(=O)O)c(-c2ccc(F)cc2)c(-c2ccc(F)cc2)c1C(=O)Nc1ccc(OCc2ccccc2)cc1. The van der Waals surface area contributed by atoms with Crippen LogP contribution >= 0.6 is 0 Å². The smallest absolute Gasteiger partial charge is 0.305 e. The van der Waals surface area contributed by atoms with Crippen molar-refractivity contribution in [3.8, 4) is 28.0 Å². The zero-order valence-corrected chi connectivity index (χ0v) is 27.9. The van der Waals surface area contributed by atoms with Crippen LogP contribution in [0, 0.1) is 11.6 Å². The molecule has 1 heterocycles. The third-order valence-electron chi connectivity index (χ3n) is 8.33. The Kier molecular flexibility index (Phi) is 11.8. The lowest BCUT2D eigenvalue weighted by molar-refractivity contribution is -0.139. The zero-order chi connectivity index (χ0) is 35.8. The van der Waals surface area contributed by atoms with Crippen LogP contribution in [0.25, 0.3) is 22.3 Å². The highest BCUT2D eigenvalue weighted by Crippen LogP contribution is 2.43. The standard InChI is InChI=1S/C40H40F2N2O6/c1-25(2)44-35(21-18-32(45)22-33(46)23-36(47)48)37(27-8-12-29(41)13-9-27)38(28-10-14-30(42)15-11-28)39(44)40(49)43-31-16-19-34(20-17-31)50-24-26-6-4-3-5-7-26/h3-17,19-20,25,32-33,45-46H,18,21-24H2,1-2H3,(H,43,49)(H,47,48). The van der Waals surface area contributed by atoms with Crippen LogP contribution in [0.4, 0.5) is 14.5 Å². The quantitative estimate of drug-likeness (QED) is 0.0888. The number of amides is 1. The van der Waals surface area contributed by atoms with Crippen molar-refractivity contribution in [1.29, 1.82) is 0 Å². The molecule has 4 N–H and O–H groups in total. The number of halogens is 2. The molecule has 260 valence electrons. The summed E-state index contributed by atoms with van der Waals surface area (Å²) in [4.78, 5) is 25.5. The summed E-state index contributed by atoms with van der Waals surface area (Å²) in [6, 6.07) is 28.1. The van der Waals surface area contributed by atoms with E-state index in [-0.39, 0.29) is 31.0 Å². The van der Waals surface area contributed by atoms with Crippen LogP contribution in [0.15, 0.2) is 103 Å². The molecule has 4 aromatic carbocycles. The van der Waals surface area contributed by atoms with Crippen molar-refractivity contribution in [1.82, 2.24) is 4.57 Å². The van der Waals surface area contributed by atoms with Gasteiger partial charge in [0.15, 0.2) is 0 Å². The molecule has 0 spiro atoms. The minimum atomic E-state index is -1.23. The topological polar surface area (TPSA) is 121 Å². The molecule has 2 unspecified atom stereocenters. The maximum Gasteiger partial charge on any atom is 0.305 e. The summed E-state index contributed by atoms with van der Waals surface area (Å²) in [6.45, 7) is 4.21. The van der Waals surface area contributed by atoms with Crippen molar-refractivity contribution in [2.45, 2.75) is 64.4 Å². The molecule has 5 rings (SSSR count). The van der Waals surface area contributed by atoms with E-state index in [0.29, 0.717) is 46.0 Å². The maximum absolute atomic E-state index is 14.4. The summed E-state index contributed by atoms with van der Waals surface area (Å²) < 4.78 is 36.1. The number of aliphatic hydroxyl groups is 2. The van der Waals surface area contributed by atoms with Crippen LogP contribution in [0.5, 0.6) is 5.75 Å². The van der Waals surface area contributed by atoms with Gasteiger partial charge in [-0.1, -0.05) is 54.6 Å². The Morgan fingerprint density at radius 1 is 0.780 bits per heavy atom. The average molecular weight is 683 g/mol. The van der Waals surface area contributed by atoms with E-state index in [2.05, 4.69) is 5.32 Å². The van der Waals surface area contributed by atoms with Crippen molar-refractivity contribution in [3.63, 3.8) is 0 Å². The molecule has 5 aromatic rings. The van der Waals surface area contributed by atoms with Crippen molar-refractivity contribution in [2.75, 3.05) is 5.32 Å². The molecule has 10 heteroatoms. The van der Waals surface area contributed by atoms with E-state index in [9.17, 15) is 28.6 Å². The fraction of sp³-hybridized carbons (Fsp3) is 0.250. The third-order valence-corrected chi connectivity index (χ3v) is 8.33. The van der Waals surface area contributed by atoms with Crippen LogP contribution in [0.1, 0.15) is 60.9 Å². The van der Waals surface area contributed by atoms with Gasteiger partial charge in [-0.05, 0) is 98.3 Å². The highest BCUT2D eigenvalue weighted by atomic mass is 19.1. The van der Waals surface area contributed by atoms with Gasteiger partial charge in [0.2, 0.25) is 0 Å². The number of aromatic nitrogens is 1. The first-order chi connectivity index (χ1) is 24.0. The summed E-state index contributed by atoms with van der Waals surface area (Å²) in [5.74, 6) is -1.89. The van der Waals surface area contributed by atoms with E-state index in [1.165, 1.54) is 24.3 Å². The second kappa shape index (κ2) is 16.4. The van der Waals surface area contributed by atoms with E-state index in [1.807, 2.05) is 48.7 Å². The lowest BCUT2D eigenvalue weighted by Gasteiger charge is -2.20. The first-order valence-electron chi connectivity index (χ1n) is 16.4. The third kappa shape index (κ3) is 9.02. The summed E-state index contributed by atoms with van der Waals surface area (Å²) in [5, 5.41) is 33.0. The van der Waals surface area contributed by atoms with E-state index >= 15 is 0 Å². The number of ether oxygens (including phenoxy) is 1. The number of carboxylic acids is 1. The molecule has 2 atom stereocenters. The summed E-state index contributed by atoms with van der Waals surface area (Å²) in [6.07, 6.45) is -2.57. The maximum atomic E-state index is 14.4. The monoisotopic (exact) mass is 682 g/mol. The molecule has 50 heavy (non-hydrogen) atoms. The second-order valence-electron chi connectivity index (χ2n) is 12.5. The van der Waals surface area contributed by atoms with Gasteiger partial charge in [0.1, 0.15) is 29.7 Å². The van der Waals surface area contributed by atoms with Crippen LogP contribution in [0.2, 0.25) is 0 Å². The summed E-state index contributed by atoms with van der Waals surface area (Å²) >= 11 is 0. The van der Waals surface area contributed by atoms with Crippen LogP contribution in [-0.2, 0) is 17.8 Å². The molecular formula is C40H40F2N2O6. The molecular weight excluding hydrogens is 642 g/mol. The van der Waals surface area contributed by atoms with E-state index in [1.54, 1.807) is 48.5 Å². The molecule has 0 radical (unpaired) electrons. The Balaban J connectivity index is 1.56. The highest BCUT2D eigenvalue weighted by molar-refractivity contribution is 6.11. The number of aliphatic carboxylic acids is 1. The first kappa shape index (κ1) is 36.0. The number of benzene rings is 4. The lowest BCUT2D eigenvalue weighted by Crippen LogP contribution is -2.22. The van der Waals surface area contributed by atoms with Crippen LogP contribution in [0.3, 0.4) is 0 Å². The molecule has 1 amide bonds. The summed E-state index contributed by atoms with van der Waals surface area (Å²) in [5.41, 5.74) is 4.74. The number of hydrogen-bond donors (Lipinski definition) is 4. The molecule has 1 aromatic heterocycles. The van der Waals surface area contributed by atoms with Gasteiger partial charge in [-0.25, -0.2) is 8.78 Å². The van der Waals surface area contributed by atoms with Gasteiger partial charge in [0, 0.05) is 28.6 Å². The fourth-order valence-corrected chi connectivity index (χ4v) is 6.09. The Morgan fingerprint density at radius 2 is 1.36 bits per heavy atom. The number of carbonyl (C=O) groups is 2. The van der Waals surface area contributed by atoms with E-state index < -0.39 is 42.1 Å². The molecule has 0 aliphatic carbocycles. The Bertz CT molecular complexity index is 1890. The number of nitrogens with one attached hydrogen (secondary N) is 1. The average Bonchev–Trinajstić information content (AvgIpc) is 3.43. The van der Waals surface area contributed by atoms with Gasteiger partial charge < -0.3 is 29.9 Å². The molecule has 0 saturated heterocycles.